The van der Waals surface area contributed by atoms with Crippen LogP contribution in [-0.4, -0.2) is 122 Å². The Bertz CT molecular complexity index is 1670. The molecule has 13 nitrogen and oxygen atoms in total. The van der Waals surface area contributed by atoms with E-state index in [9.17, 15) is 35.4 Å². The van der Waals surface area contributed by atoms with Crippen LogP contribution < -0.4 is 14.8 Å². The Balaban J connectivity index is 1.38. The maximum atomic E-state index is 13.0. The van der Waals surface area contributed by atoms with Gasteiger partial charge in [0, 0.05) is 53.8 Å². The lowest BCUT2D eigenvalue weighted by Gasteiger charge is -2.66. The summed E-state index contributed by atoms with van der Waals surface area (Å²) in [6.45, 7) is 5.91. The second-order valence-electron chi connectivity index (χ2n) is 16.0. The fourth-order valence-electron chi connectivity index (χ4n) is 9.67. The van der Waals surface area contributed by atoms with Crippen LogP contribution in [0.15, 0.2) is 35.0 Å². The molecular weight excluding hydrogens is 739 g/mol. The van der Waals surface area contributed by atoms with Crippen LogP contribution in [0.3, 0.4) is 0 Å². The minimum absolute atomic E-state index is 0.00444. The Labute approximate surface area is 323 Å². The molecule has 300 valence electrons. The third-order valence-corrected chi connectivity index (χ3v) is 15.8. The van der Waals surface area contributed by atoms with Crippen molar-refractivity contribution in [3.63, 3.8) is 0 Å². The SMILES string of the molecule is CCOC(=O)CCc1cc2ccoc2c2c1O[C@H]1O[C@@](CO)(CSS[C@@H]3CC[C@H](C(C)C)C[C@@H]3NCCO2)[C@]2(O)C[C@@H]3C=C[C@@H](O)[C@@H](CO)[C@@H]3[C@]1(O)[C@H]2O. The Hall–Kier alpha value is -2.05. The van der Waals surface area contributed by atoms with E-state index in [0.29, 0.717) is 34.9 Å². The van der Waals surface area contributed by atoms with Crippen LogP contribution in [0.5, 0.6) is 11.5 Å². The van der Waals surface area contributed by atoms with Gasteiger partial charge in [-0.05, 0) is 74.5 Å². The van der Waals surface area contributed by atoms with Crippen LogP contribution >= 0.6 is 21.6 Å². The quantitative estimate of drug-likeness (QED) is 0.123. The van der Waals surface area contributed by atoms with Gasteiger partial charge in [0.15, 0.2) is 16.9 Å². The van der Waals surface area contributed by atoms with Crippen LogP contribution in [0.2, 0.25) is 0 Å². The Kier molecular flexibility index (Phi) is 11.9. The summed E-state index contributed by atoms with van der Waals surface area (Å²) in [7, 11) is 3.11. The minimum Gasteiger partial charge on any atom is -0.485 e. The molecule has 7 rings (SSSR count). The van der Waals surface area contributed by atoms with Crippen LogP contribution in [0.4, 0.5) is 0 Å². The molecule has 0 spiro atoms. The average molecular weight is 794 g/mol. The molecule has 2 saturated carbocycles. The van der Waals surface area contributed by atoms with Crippen LogP contribution in [-0.2, 0) is 20.7 Å². The number of furan rings is 1. The number of aliphatic hydroxyl groups is 6. The number of benzene rings is 1. The number of aryl methyl sites for hydroxylation is 1. The number of allylic oxidation sites excluding steroid dienone is 1. The first-order chi connectivity index (χ1) is 25.9. The molecular formula is C39H55NO12S2. The molecule has 0 unspecified atom stereocenters. The van der Waals surface area contributed by atoms with Crippen LogP contribution in [0.25, 0.3) is 11.0 Å². The fourth-order valence-corrected chi connectivity index (χ4v) is 13.1. The van der Waals surface area contributed by atoms with Gasteiger partial charge in [-0.15, -0.1) is 0 Å². The van der Waals surface area contributed by atoms with Crippen molar-refractivity contribution in [3.05, 3.63) is 36.1 Å². The van der Waals surface area contributed by atoms with Gasteiger partial charge in [0.05, 0.1) is 25.6 Å². The molecule has 1 aromatic heterocycles. The Morgan fingerprint density at radius 2 is 1.96 bits per heavy atom. The van der Waals surface area contributed by atoms with E-state index in [-0.39, 0.29) is 61.0 Å². The number of nitrogens with one attached hydrogen (secondary N) is 1. The molecule has 1 aromatic carbocycles. The highest BCUT2D eigenvalue weighted by atomic mass is 33.1. The maximum Gasteiger partial charge on any atom is 0.306 e. The fraction of sp³-hybridized carbons (Fsp3) is 0.718. The number of ether oxygens (including phenoxy) is 4. The summed E-state index contributed by atoms with van der Waals surface area (Å²) in [5.41, 5.74) is -5.56. The van der Waals surface area contributed by atoms with Gasteiger partial charge >= 0.3 is 5.97 Å². The number of fused-ring (bicyclic) bond motifs is 12. The molecule has 12 atom stereocenters. The first kappa shape index (κ1) is 40.2. The van der Waals surface area contributed by atoms with Crippen molar-refractivity contribution >= 4 is 38.5 Å². The molecule has 15 heteroatoms. The average Bonchev–Trinajstić information content (AvgIpc) is 3.62. The smallest absolute Gasteiger partial charge is 0.306 e. The lowest BCUT2D eigenvalue weighted by Crippen LogP contribution is -2.85. The highest BCUT2D eigenvalue weighted by Crippen LogP contribution is 2.60. The number of rotatable bonds is 7. The lowest BCUT2D eigenvalue weighted by molar-refractivity contribution is -0.416. The highest BCUT2D eigenvalue weighted by molar-refractivity contribution is 8.77. The van der Waals surface area contributed by atoms with Gasteiger partial charge in [-0.2, -0.15) is 0 Å². The van der Waals surface area contributed by atoms with Crippen molar-refractivity contribution in [2.75, 3.05) is 38.7 Å². The van der Waals surface area contributed by atoms with E-state index in [2.05, 4.69) is 19.2 Å². The zero-order valence-electron chi connectivity index (χ0n) is 31.1. The molecule has 2 aliphatic heterocycles. The monoisotopic (exact) mass is 793 g/mol. The molecule has 3 fully saturated rings. The van der Waals surface area contributed by atoms with Crippen molar-refractivity contribution in [3.8, 4) is 11.5 Å². The summed E-state index contributed by atoms with van der Waals surface area (Å²) in [5, 5.41) is 75.5. The van der Waals surface area contributed by atoms with Crippen LogP contribution in [0, 0.1) is 29.6 Å². The van der Waals surface area contributed by atoms with Crippen molar-refractivity contribution < 1.29 is 58.8 Å². The predicted molar refractivity (Wildman–Crippen MR) is 203 cm³/mol. The van der Waals surface area contributed by atoms with Gasteiger partial charge in [-0.3, -0.25) is 4.79 Å². The van der Waals surface area contributed by atoms with Gasteiger partial charge in [-0.1, -0.05) is 47.6 Å². The molecule has 0 radical (unpaired) electrons. The number of hydrogen-bond acceptors (Lipinski definition) is 15. The van der Waals surface area contributed by atoms with Gasteiger partial charge < -0.3 is 59.3 Å². The molecule has 54 heavy (non-hydrogen) atoms. The predicted octanol–water partition coefficient (Wildman–Crippen LogP) is 2.95. The van der Waals surface area contributed by atoms with Gasteiger partial charge in [0.2, 0.25) is 12.0 Å². The van der Waals surface area contributed by atoms with E-state index >= 15 is 0 Å². The third kappa shape index (κ3) is 6.87. The van der Waals surface area contributed by atoms with Crippen molar-refractivity contribution in [1.82, 2.24) is 5.32 Å². The molecule has 5 aliphatic rings. The topological polar surface area (TPSA) is 201 Å². The normalized spacial score (nSPS) is 39.6. The summed E-state index contributed by atoms with van der Waals surface area (Å²) in [6, 6.07) is 3.72. The lowest BCUT2D eigenvalue weighted by atomic mass is 9.51. The second kappa shape index (κ2) is 16.1. The molecule has 1 saturated heterocycles. The Morgan fingerprint density at radius 3 is 2.70 bits per heavy atom. The zero-order valence-corrected chi connectivity index (χ0v) is 32.7. The zero-order chi connectivity index (χ0) is 38.4. The molecule has 3 aliphatic carbocycles. The van der Waals surface area contributed by atoms with Crippen molar-refractivity contribution in [2.24, 2.45) is 29.6 Å². The van der Waals surface area contributed by atoms with E-state index in [0.717, 1.165) is 19.3 Å². The summed E-state index contributed by atoms with van der Waals surface area (Å²) >= 11 is 0. The first-order valence-electron chi connectivity index (χ1n) is 19.3. The maximum absolute atomic E-state index is 13.0. The number of carbonyl (C=O) groups is 1. The molecule has 2 aromatic rings. The first-order valence-corrected chi connectivity index (χ1v) is 21.7. The van der Waals surface area contributed by atoms with E-state index in [1.807, 2.05) is 0 Å². The van der Waals surface area contributed by atoms with E-state index in [1.54, 1.807) is 35.9 Å². The summed E-state index contributed by atoms with van der Waals surface area (Å²) in [6.07, 6.45) is 2.91. The summed E-state index contributed by atoms with van der Waals surface area (Å²) in [4.78, 5) is 12.6. The second-order valence-corrected chi connectivity index (χ2v) is 18.6. The van der Waals surface area contributed by atoms with Crippen LogP contribution in [0.1, 0.15) is 58.4 Å². The number of carbonyl (C=O) groups excluding carboxylic acids is 1. The summed E-state index contributed by atoms with van der Waals surface area (Å²) < 4.78 is 31.2. The molecule has 4 bridgehead atoms. The van der Waals surface area contributed by atoms with E-state index < -0.39 is 72.2 Å². The largest absolute Gasteiger partial charge is 0.485 e. The van der Waals surface area contributed by atoms with Crippen molar-refractivity contribution in [1.29, 1.82) is 0 Å². The van der Waals surface area contributed by atoms with E-state index in [1.165, 1.54) is 23.1 Å². The van der Waals surface area contributed by atoms with Crippen molar-refractivity contribution in [2.45, 2.75) is 106 Å². The summed E-state index contributed by atoms with van der Waals surface area (Å²) in [5.74, 6) is -1.65. The van der Waals surface area contributed by atoms with E-state index in [4.69, 9.17) is 23.4 Å². The molecule has 0 amide bonds. The number of esters is 1. The number of aliphatic hydroxyl groups excluding tert-OH is 4. The molecule has 7 N–H and O–H groups in total. The van der Waals surface area contributed by atoms with Gasteiger partial charge in [-0.25, -0.2) is 0 Å². The van der Waals surface area contributed by atoms with Gasteiger partial charge in [0.1, 0.15) is 23.9 Å². The standard InChI is InChI=1S/C39H55NO12S2/c1-4-48-30(44)10-7-23-15-24-11-13-49-32(24)34-33(23)51-36-39(47)31-25(5-8-28(43)26(31)18-41)17-38(46,35(39)45)37(19-42,52-36)20-53-54-29-9-6-22(21(2)3)16-27(29)40-12-14-50-34/h5,8,11,13,15,21-22,25-29,31,35-36,40-43,45-47H,4,6-7,9-10,12,14,16-20H2,1-3H3/t22-,25-,26+,27-,28+,29+,31+,35-,36-,37-,38-,39-/m0/s1. The third-order valence-electron chi connectivity index (χ3n) is 12.7. The Morgan fingerprint density at radius 1 is 1.15 bits per heavy atom. The molecule has 3 heterocycles. The highest BCUT2D eigenvalue weighted by Gasteiger charge is 2.76. The minimum atomic E-state index is -2.42. The number of hydrogen-bond donors (Lipinski definition) is 7. The van der Waals surface area contributed by atoms with Gasteiger partial charge in [0.25, 0.3) is 0 Å².